The minimum absolute atomic E-state index is 0.000142. The topological polar surface area (TPSA) is 45.2 Å². The fraction of sp³-hybridized carbons (Fsp3) is 0.455. The molecule has 0 spiro atoms. The molecule has 1 heterocycles. The lowest BCUT2D eigenvalue weighted by Gasteiger charge is -2.21. The Labute approximate surface area is 90.3 Å². The quantitative estimate of drug-likeness (QED) is 0.819. The highest BCUT2D eigenvalue weighted by Gasteiger charge is 2.14. The predicted molar refractivity (Wildman–Crippen MR) is 61.0 cm³/mol. The molecular formula is C11H17N3O. The van der Waals surface area contributed by atoms with Gasteiger partial charge >= 0.3 is 0 Å². The summed E-state index contributed by atoms with van der Waals surface area (Å²) in [6, 6.07) is 3.77. The molecule has 0 unspecified atom stereocenters. The van der Waals surface area contributed by atoms with E-state index in [-0.39, 0.29) is 11.9 Å². The molecule has 0 fully saturated rings. The second-order valence-corrected chi connectivity index (χ2v) is 3.69. The van der Waals surface area contributed by atoms with E-state index in [9.17, 15) is 4.79 Å². The normalized spacial score (nSPS) is 10.2. The van der Waals surface area contributed by atoms with Crippen molar-refractivity contribution in [1.29, 1.82) is 0 Å². The Morgan fingerprint density at radius 2 is 2.13 bits per heavy atom. The van der Waals surface area contributed by atoms with Crippen LogP contribution >= 0.6 is 0 Å². The van der Waals surface area contributed by atoms with Crippen LogP contribution in [0, 0.1) is 0 Å². The van der Waals surface area contributed by atoms with Crippen LogP contribution in [0.25, 0.3) is 0 Å². The van der Waals surface area contributed by atoms with Crippen LogP contribution in [0.5, 0.6) is 0 Å². The van der Waals surface area contributed by atoms with Crippen LogP contribution in [0.3, 0.4) is 0 Å². The third-order valence-electron chi connectivity index (χ3n) is 2.36. The van der Waals surface area contributed by atoms with Crippen molar-refractivity contribution < 1.29 is 4.79 Å². The van der Waals surface area contributed by atoms with E-state index >= 15 is 0 Å². The predicted octanol–water partition coefficient (Wildman–Crippen LogP) is 1.60. The Morgan fingerprint density at radius 3 is 2.53 bits per heavy atom. The molecule has 1 rings (SSSR count). The number of nitrogens with one attached hydrogen (secondary N) is 1. The smallest absolute Gasteiger partial charge is 0.255 e. The molecule has 4 nitrogen and oxygen atoms in total. The van der Waals surface area contributed by atoms with Gasteiger partial charge in [0, 0.05) is 26.3 Å². The van der Waals surface area contributed by atoms with E-state index in [1.54, 1.807) is 37.3 Å². The Morgan fingerprint density at radius 1 is 1.47 bits per heavy atom. The maximum Gasteiger partial charge on any atom is 0.255 e. The standard InChI is InChI=1S/C11H17N3O/c1-8(2)14(4)11(15)9-5-6-10(12-3)13-7-9/h5-8H,1-4H3,(H,12,13). The molecule has 0 bridgehead atoms. The number of carbonyl (C=O) groups is 1. The van der Waals surface area contributed by atoms with Crippen LogP contribution in [0.15, 0.2) is 18.3 Å². The number of hydrogen-bond donors (Lipinski definition) is 1. The lowest BCUT2D eigenvalue weighted by atomic mass is 10.2. The molecule has 1 amide bonds. The minimum atomic E-state index is 0.000142. The van der Waals surface area contributed by atoms with Gasteiger partial charge in [-0.1, -0.05) is 0 Å². The van der Waals surface area contributed by atoms with E-state index in [1.165, 1.54) is 0 Å². The first-order valence-electron chi connectivity index (χ1n) is 4.97. The third-order valence-corrected chi connectivity index (χ3v) is 2.36. The summed E-state index contributed by atoms with van der Waals surface area (Å²) in [5, 5.41) is 2.91. The van der Waals surface area contributed by atoms with Crippen molar-refractivity contribution in [2.45, 2.75) is 19.9 Å². The molecule has 0 saturated carbocycles. The largest absolute Gasteiger partial charge is 0.373 e. The highest BCUT2D eigenvalue weighted by Crippen LogP contribution is 2.08. The van der Waals surface area contributed by atoms with Crippen LogP contribution in [0.1, 0.15) is 24.2 Å². The summed E-state index contributed by atoms with van der Waals surface area (Å²) in [5.74, 6) is 0.763. The van der Waals surface area contributed by atoms with Gasteiger partial charge in [0.05, 0.1) is 5.56 Å². The summed E-state index contributed by atoms with van der Waals surface area (Å²) >= 11 is 0. The van der Waals surface area contributed by atoms with Crippen molar-refractivity contribution in [1.82, 2.24) is 9.88 Å². The average molecular weight is 207 g/mol. The molecule has 1 aromatic rings. The second kappa shape index (κ2) is 4.77. The first kappa shape index (κ1) is 11.5. The van der Waals surface area contributed by atoms with Gasteiger partial charge < -0.3 is 10.2 Å². The molecular weight excluding hydrogens is 190 g/mol. The SMILES string of the molecule is CNc1ccc(C(=O)N(C)C(C)C)cn1. The summed E-state index contributed by atoms with van der Waals surface area (Å²) in [7, 11) is 3.59. The lowest BCUT2D eigenvalue weighted by molar-refractivity contribution is 0.0754. The minimum Gasteiger partial charge on any atom is -0.373 e. The zero-order valence-electron chi connectivity index (χ0n) is 9.61. The van der Waals surface area contributed by atoms with Crippen LogP contribution in [0.2, 0.25) is 0 Å². The molecule has 1 aromatic heterocycles. The van der Waals surface area contributed by atoms with Gasteiger partial charge in [0.15, 0.2) is 0 Å². The Bertz CT molecular complexity index is 332. The molecule has 4 heteroatoms. The van der Waals surface area contributed by atoms with Crippen molar-refractivity contribution >= 4 is 11.7 Å². The van der Waals surface area contributed by atoms with Crippen LogP contribution in [-0.4, -0.2) is 35.9 Å². The number of hydrogen-bond acceptors (Lipinski definition) is 3. The van der Waals surface area contributed by atoms with E-state index in [0.29, 0.717) is 5.56 Å². The molecule has 0 aliphatic carbocycles. The summed E-state index contributed by atoms with van der Waals surface area (Å²) in [5.41, 5.74) is 0.616. The van der Waals surface area contributed by atoms with Crippen LogP contribution in [-0.2, 0) is 0 Å². The number of rotatable bonds is 3. The fourth-order valence-electron chi connectivity index (χ4n) is 1.11. The molecule has 0 aromatic carbocycles. The zero-order chi connectivity index (χ0) is 11.4. The zero-order valence-corrected chi connectivity index (χ0v) is 9.61. The molecule has 15 heavy (non-hydrogen) atoms. The van der Waals surface area contributed by atoms with E-state index in [4.69, 9.17) is 0 Å². The highest BCUT2D eigenvalue weighted by atomic mass is 16.2. The van der Waals surface area contributed by atoms with Crippen molar-refractivity contribution in [3.8, 4) is 0 Å². The number of carbonyl (C=O) groups excluding carboxylic acids is 1. The van der Waals surface area contributed by atoms with Gasteiger partial charge in [-0.05, 0) is 26.0 Å². The average Bonchev–Trinajstić information content (AvgIpc) is 2.27. The van der Waals surface area contributed by atoms with Gasteiger partial charge in [-0.15, -0.1) is 0 Å². The second-order valence-electron chi connectivity index (χ2n) is 3.69. The fourth-order valence-corrected chi connectivity index (χ4v) is 1.11. The van der Waals surface area contributed by atoms with E-state index < -0.39 is 0 Å². The number of anilines is 1. The van der Waals surface area contributed by atoms with Gasteiger partial charge in [-0.3, -0.25) is 4.79 Å². The molecule has 1 N–H and O–H groups in total. The molecule has 82 valence electrons. The highest BCUT2D eigenvalue weighted by molar-refractivity contribution is 5.94. The maximum atomic E-state index is 11.9. The number of aromatic nitrogens is 1. The Kier molecular flexibility index (Phi) is 3.66. The molecule has 0 aliphatic heterocycles. The Hall–Kier alpha value is -1.58. The maximum absolute atomic E-state index is 11.9. The molecule has 0 atom stereocenters. The van der Waals surface area contributed by atoms with Crippen molar-refractivity contribution in [2.75, 3.05) is 19.4 Å². The first-order valence-corrected chi connectivity index (χ1v) is 4.97. The summed E-state index contributed by atoms with van der Waals surface area (Å²) in [6.45, 7) is 3.96. The third kappa shape index (κ3) is 2.68. The molecule has 0 radical (unpaired) electrons. The van der Waals surface area contributed by atoms with E-state index in [2.05, 4.69) is 10.3 Å². The monoisotopic (exact) mass is 207 g/mol. The van der Waals surface area contributed by atoms with Gasteiger partial charge in [-0.2, -0.15) is 0 Å². The number of pyridine rings is 1. The van der Waals surface area contributed by atoms with Gasteiger partial charge in [-0.25, -0.2) is 4.98 Å². The van der Waals surface area contributed by atoms with Crippen LogP contribution in [0.4, 0.5) is 5.82 Å². The summed E-state index contributed by atoms with van der Waals surface area (Å²) in [4.78, 5) is 17.6. The number of nitrogens with zero attached hydrogens (tertiary/aromatic N) is 2. The van der Waals surface area contributed by atoms with Gasteiger partial charge in [0.25, 0.3) is 5.91 Å². The van der Waals surface area contributed by atoms with E-state index in [1.807, 2.05) is 13.8 Å². The summed E-state index contributed by atoms with van der Waals surface area (Å²) in [6.07, 6.45) is 1.59. The number of amides is 1. The first-order chi connectivity index (χ1) is 7.06. The lowest BCUT2D eigenvalue weighted by Crippen LogP contribution is -2.33. The molecule has 0 aliphatic rings. The van der Waals surface area contributed by atoms with Crippen molar-refractivity contribution in [3.05, 3.63) is 23.9 Å². The summed E-state index contributed by atoms with van der Waals surface area (Å²) < 4.78 is 0. The van der Waals surface area contributed by atoms with Crippen molar-refractivity contribution in [2.24, 2.45) is 0 Å². The van der Waals surface area contributed by atoms with Crippen molar-refractivity contribution in [3.63, 3.8) is 0 Å². The van der Waals surface area contributed by atoms with Crippen LogP contribution < -0.4 is 5.32 Å². The molecule has 0 saturated heterocycles. The van der Waals surface area contributed by atoms with Gasteiger partial charge in [0.2, 0.25) is 0 Å². The van der Waals surface area contributed by atoms with E-state index in [0.717, 1.165) is 5.82 Å². The van der Waals surface area contributed by atoms with Gasteiger partial charge in [0.1, 0.15) is 5.82 Å². The Balaban J connectivity index is 2.83.